The first-order valence-electron chi connectivity index (χ1n) is 6.60. The minimum Gasteiger partial charge on any atom is -0.491 e. The second kappa shape index (κ2) is 5.32. The molecule has 1 N–H and O–H groups in total. The first kappa shape index (κ1) is 13.2. The number of hydrogen-bond acceptors (Lipinski definition) is 4. The van der Waals surface area contributed by atoms with Gasteiger partial charge in [0.15, 0.2) is 0 Å². The molecule has 20 heavy (non-hydrogen) atoms. The molecule has 0 unspecified atom stereocenters. The van der Waals surface area contributed by atoms with Crippen molar-refractivity contribution in [3.05, 3.63) is 45.9 Å². The fraction of sp³-hybridized carbons (Fsp3) is 0.333. The molecule has 0 fully saturated rings. The molecule has 5 heteroatoms. The van der Waals surface area contributed by atoms with E-state index in [1.54, 1.807) is 11.8 Å². The van der Waals surface area contributed by atoms with Crippen molar-refractivity contribution < 1.29 is 4.74 Å². The SMILES string of the molecule is CC(C)Oc1cccc(-c2nc3c(c(=O)[nH]2)CSC3)c1. The van der Waals surface area contributed by atoms with Crippen LogP contribution in [-0.4, -0.2) is 16.1 Å². The fourth-order valence-corrected chi connectivity index (χ4v) is 3.22. The molecule has 0 amide bonds. The number of benzene rings is 1. The van der Waals surface area contributed by atoms with Crippen LogP contribution in [-0.2, 0) is 11.5 Å². The molecule has 1 aliphatic heterocycles. The summed E-state index contributed by atoms with van der Waals surface area (Å²) in [5.74, 6) is 2.98. The van der Waals surface area contributed by atoms with E-state index in [4.69, 9.17) is 4.74 Å². The van der Waals surface area contributed by atoms with Crippen molar-refractivity contribution >= 4 is 11.8 Å². The van der Waals surface area contributed by atoms with Gasteiger partial charge >= 0.3 is 0 Å². The van der Waals surface area contributed by atoms with Gasteiger partial charge in [0.2, 0.25) is 0 Å². The number of H-pyrrole nitrogens is 1. The van der Waals surface area contributed by atoms with E-state index in [1.807, 2.05) is 38.1 Å². The third-order valence-corrected chi connectivity index (χ3v) is 4.04. The first-order chi connectivity index (χ1) is 9.63. The Morgan fingerprint density at radius 1 is 1.35 bits per heavy atom. The van der Waals surface area contributed by atoms with Crippen LogP contribution in [0.4, 0.5) is 0 Å². The molecule has 0 saturated heterocycles. The van der Waals surface area contributed by atoms with Gasteiger partial charge in [0, 0.05) is 22.6 Å². The monoisotopic (exact) mass is 288 g/mol. The zero-order valence-electron chi connectivity index (χ0n) is 11.5. The zero-order valence-corrected chi connectivity index (χ0v) is 12.3. The molecule has 1 aromatic heterocycles. The van der Waals surface area contributed by atoms with Gasteiger partial charge in [-0.2, -0.15) is 11.8 Å². The van der Waals surface area contributed by atoms with Crippen molar-refractivity contribution in [2.24, 2.45) is 0 Å². The molecule has 0 bridgehead atoms. The van der Waals surface area contributed by atoms with E-state index in [9.17, 15) is 4.79 Å². The van der Waals surface area contributed by atoms with E-state index in [1.165, 1.54) is 0 Å². The summed E-state index contributed by atoms with van der Waals surface area (Å²) in [7, 11) is 0. The number of hydrogen-bond donors (Lipinski definition) is 1. The molecular weight excluding hydrogens is 272 g/mol. The Morgan fingerprint density at radius 3 is 3.00 bits per heavy atom. The summed E-state index contributed by atoms with van der Waals surface area (Å²) < 4.78 is 5.68. The molecule has 3 rings (SSSR count). The van der Waals surface area contributed by atoms with Crippen LogP contribution in [0.3, 0.4) is 0 Å². The Balaban J connectivity index is 2.01. The molecule has 2 heterocycles. The molecule has 1 aliphatic rings. The summed E-state index contributed by atoms with van der Waals surface area (Å²) in [6.07, 6.45) is 0.119. The molecule has 104 valence electrons. The van der Waals surface area contributed by atoms with Crippen LogP contribution in [0.15, 0.2) is 29.1 Å². The Morgan fingerprint density at radius 2 is 2.20 bits per heavy atom. The molecule has 0 spiro atoms. The van der Waals surface area contributed by atoms with Gasteiger partial charge < -0.3 is 9.72 Å². The van der Waals surface area contributed by atoms with Crippen molar-refractivity contribution in [2.45, 2.75) is 31.5 Å². The maximum absolute atomic E-state index is 12.0. The summed E-state index contributed by atoms with van der Waals surface area (Å²) in [5, 5.41) is 0. The van der Waals surface area contributed by atoms with Crippen LogP contribution in [0.5, 0.6) is 5.75 Å². The van der Waals surface area contributed by atoms with Crippen molar-refractivity contribution in [2.75, 3.05) is 0 Å². The van der Waals surface area contributed by atoms with Crippen LogP contribution in [0.25, 0.3) is 11.4 Å². The largest absolute Gasteiger partial charge is 0.491 e. The highest BCUT2D eigenvalue weighted by molar-refractivity contribution is 7.98. The predicted octanol–water partition coefficient (Wildman–Crippen LogP) is 2.97. The number of fused-ring (bicyclic) bond motifs is 1. The maximum atomic E-state index is 12.0. The zero-order chi connectivity index (χ0) is 14.1. The fourth-order valence-electron chi connectivity index (χ4n) is 2.19. The summed E-state index contributed by atoms with van der Waals surface area (Å²) in [6, 6.07) is 7.66. The minimum atomic E-state index is -0.0230. The second-order valence-corrected chi connectivity index (χ2v) is 6.01. The summed E-state index contributed by atoms with van der Waals surface area (Å²) >= 11 is 1.73. The number of aromatic nitrogens is 2. The summed E-state index contributed by atoms with van der Waals surface area (Å²) in [6.45, 7) is 3.97. The number of ether oxygens (including phenoxy) is 1. The van der Waals surface area contributed by atoms with E-state index in [0.717, 1.165) is 34.1 Å². The van der Waals surface area contributed by atoms with E-state index in [2.05, 4.69) is 9.97 Å². The van der Waals surface area contributed by atoms with Crippen LogP contribution >= 0.6 is 11.8 Å². The van der Waals surface area contributed by atoms with Gasteiger partial charge in [0.1, 0.15) is 11.6 Å². The Kier molecular flexibility index (Phi) is 3.53. The first-order valence-corrected chi connectivity index (χ1v) is 7.76. The number of aromatic amines is 1. The van der Waals surface area contributed by atoms with Gasteiger partial charge in [0.05, 0.1) is 11.8 Å². The third-order valence-electron chi connectivity index (χ3n) is 3.07. The molecule has 0 aliphatic carbocycles. The van der Waals surface area contributed by atoms with Gasteiger partial charge in [-0.3, -0.25) is 4.79 Å². The molecule has 0 radical (unpaired) electrons. The number of rotatable bonds is 3. The van der Waals surface area contributed by atoms with E-state index in [0.29, 0.717) is 5.82 Å². The molecule has 1 aromatic carbocycles. The van der Waals surface area contributed by atoms with Gasteiger partial charge in [-0.15, -0.1) is 0 Å². The van der Waals surface area contributed by atoms with Crippen LogP contribution < -0.4 is 10.3 Å². The van der Waals surface area contributed by atoms with Crippen molar-refractivity contribution in [1.82, 2.24) is 9.97 Å². The maximum Gasteiger partial charge on any atom is 0.255 e. The predicted molar refractivity (Wildman–Crippen MR) is 81.1 cm³/mol. The van der Waals surface area contributed by atoms with E-state index >= 15 is 0 Å². The lowest BCUT2D eigenvalue weighted by atomic mass is 10.2. The number of nitrogens with zero attached hydrogens (tertiary/aromatic N) is 1. The molecular formula is C15H16N2O2S. The Hall–Kier alpha value is -1.75. The van der Waals surface area contributed by atoms with E-state index in [-0.39, 0.29) is 11.7 Å². The van der Waals surface area contributed by atoms with Crippen LogP contribution in [0, 0.1) is 0 Å². The molecule has 4 nitrogen and oxygen atoms in total. The highest BCUT2D eigenvalue weighted by Gasteiger charge is 2.18. The summed E-state index contributed by atoms with van der Waals surface area (Å²) in [5.41, 5.74) is 2.57. The average molecular weight is 288 g/mol. The van der Waals surface area contributed by atoms with Crippen molar-refractivity contribution in [1.29, 1.82) is 0 Å². The lowest BCUT2D eigenvalue weighted by Gasteiger charge is -2.11. The van der Waals surface area contributed by atoms with E-state index < -0.39 is 0 Å². The van der Waals surface area contributed by atoms with Crippen molar-refractivity contribution in [3.8, 4) is 17.1 Å². The van der Waals surface area contributed by atoms with Gasteiger partial charge in [-0.05, 0) is 26.0 Å². The third kappa shape index (κ3) is 2.58. The second-order valence-electron chi connectivity index (χ2n) is 5.03. The normalized spacial score (nSPS) is 13.6. The Labute approximate surface area is 121 Å². The van der Waals surface area contributed by atoms with Crippen LogP contribution in [0.1, 0.15) is 25.1 Å². The summed E-state index contributed by atoms with van der Waals surface area (Å²) in [4.78, 5) is 19.5. The molecule has 2 aromatic rings. The average Bonchev–Trinajstić information content (AvgIpc) is 2.87. The standard InChI is InChI=1S/C15H16N2O2S/c1-9(2)19-11-5-3-4-10(6-11)14-16-13-8-20-7-12(13)15(18)17-14/h3-6,9H,7-8H2,1-2H3,(H,16,17,18). The smallest absolute Gasteiger partial charge is 0.255 e. The molecule has 0 atom stereocenters. The topological polar surface area (TPSA) is 55.0 Å². The highest BCUT2D eigenvalue weighted by atomic mass is 32.2. The highest BCUT2D eigenvalue weighted by Crippen LogP contribution is 2.28. The van der Waals surface area contributed by atoms with Gasteiger partial charge in [-0.25, -0.2) is 4.98 Å². The number of thioether (sulfide) groups is 1. The van der Waals surface area contributed by atoms with Gasteiger partial charge in [-0.1, -0.05) is 12.1 Å². The quantitative estimate of drug-likeness (QED) is 0.943. The minimum absolute atomic E-state index is 0.0230. The lowest BCUT2D eigenvalue weighted by Crippen LogP contribution is -2.15. The number of nitrogens with one attached hydrogen (secondary N) is 1. The Bertz CT molecular complexity index is 695. The van der Waals surface area contributed by atoms with Crippen molar-refractivity contribution in [3.63, 3.8) is 0 Å². The molecule has 0 saturated carbocycles. The van der Waals surface area contributed by atoms with Crippen LogP contribution in [0.2, 0.25) is 0 Å². The lowest BCUT2D eigenvalue weighted by molar-refractivity contribution is 0.242. The van der Waals surface area contributed by atoms with Gasteiger partial charge in [0.25, 0.3) is 5.56 Å².